The summed E-state index contributed by atoms with van der Waals surface area (Å²) in [6.45, 7) is 0.928. The molecule has 0 bridgehead atoms. The first-order valence-electron chi connectivity index (χ1n) is 4.76. The molecule has 3 N–H and O–H groups in total. The van der Waals surface area contributed by atoms with Crippen LogP contribution in [-0.4, -0.2) is 18.6 Å². The molecule has 3 nitrogen and oxygen atoms in total. The summed E-state index contributed by atoms with van der Waals surface area (Å²) in [5, 5.41) is 11.9. The van der Waals surface area contributed by atoms with Crippen LogP contribution < -0.4 is 11.1 Å². The van der Waals surface area contributed by atoms with Crippen molar-refractivity contribution in [3.63, 3.8) is 0 Å². The maximum Gasteiger partial charge on any atom is 0.0670 e. The molecule has 0 heterocycles. The molecule has 0 aliphatic rings. The molecule has 15 heavy (non-hydrogen) atoms. The number of nitrogen functional groups attached to an aromatic ring is 1. The normalized spacial score (nSPS) is 9.60. The van der Waals surface area contributed by atoms with Gasteiger partial charge in [0.05, 0.1) is 12.5 Å². The van der Waals surface area contributed by atoms with Gasteiger partial charge in [-0.3, -0.25) is 0 Å². The molecule has 0 unspecified atom stereocenters. The lowest BCUT2D eigenvalue weighted by Crippen LogP contribution is -2.04. The van der Waals surface area contributed by atoms with Gasteiger partial charge in [0.25, 0.3) is 0 Å². The zero-order valence-electron chi connectivity index (χ0n) is 8.79. The summed E-state index contributed by atoms with van der Waals surface area (Å²) in [6.07, 6.45) is 2.44. The van der Waals surface area contributed by atoms with Gasteiger partial charge in [0.1, 0.15) is 0 Å². The molecule has 0 saturated carbocycles. The molecule has 0 aromatic heterocycles. The van der Waals surface area contributed by atoms with Crippen molar-refractivity contribution in [3.05, 3.63) is 23.8 Å². The van der Waals surface area contributed by atoms with Gasteiger partial charge in [0.15, 0.2) is 0 Å². The monoisotopic (exact) mass is 221 g/mol. The van der Waals surface area contributed by atoms with Crippen molar-refractivity contribution in [3.8, 4) is 6.07 Å². The molecule has 0 aliphatic heterocycles. The van der Waals surface area contributed by atoms with Crippen molar-refractivity contribution in [1.29, 1.82) is 5.26 Å². The Bertz CT molecular complexity index is 357. The number of hydrogen-bond acceptors (Lipinski definition) is 4. The van der Waals surface area contributed by atoms with Crippen LogP contribution in [0, 0.1) is 11.3 Å². The Morgan fingerprint density at radius 3 is 3.00 bits per heavy atom. The Labute approximate surface area is 94.7 Å². The molecule has 0 amide bonds. The Hall–Kier alpha value is -1.34. The van der Waals surface area contributed by atoms with Gasteiger partial charge >= 0.3 is 0 Å². The topological polar surface area (TPSA) is 61.8 Å². The molecule has 0 radical (unpaired) electrons. The molecule has 0 spiro atoms. The molecule has 4 heteroatoms. The number of nitrogens with one attached hydrogen (secondary N) is 1. The second kappa shape index (κ2) is 6.20. The molecule has 0 saturated heterocycles. The van der Waals surface area contributed by atoms with Crippen LogP contribution in [0.25, 0.3) is 0 Å². The predicted octanol–water partition coefficient (Wildman–Crippen LogP) is 2.11. The van der Waals surface area contributed by atoms with E-state index in [4.69, 9.17) is 11.0 Å². The van der Waals surface area contributed by atoms with E-state index >= 15 is 0 Å². The molecule has 1 aromatic rings. The van der Waals surface area contributed by atoms with Crippen molar-refractivity contribution in [2.45, 2.75) is 6.42 Å². The SMILES string of the molecule is CSCCNc1ccc(N)c(CC#N)c1. The molecular weight excluding hydrogens is 206 g/mol. The van der Waals surface area contributed by atoms with E-state index in [0.717, 1.165) is 23.5 Å². The van der Waals surface area contributed by atoms with Crippen LogP contribution in [0.1, 0.15) is 5.56 Å². The molecule has 1 rings (SSSR count). The highest BCUT2D eigenvalue weighted by molar-refractivity contribution is 7.98. The van der Waals surface area contributed by atoms with E-state index in [1.807, 2.05) is 18.2 Å². The van der Waals surface area contributed by atoms with Gasteiger partial charge in [-0.15, -0.1) is 0 Å². The number of hydrogen-bond donors (Lipinski definition) is 2. The highest BCUT2D eigenvalue weighted by Crippen LogP contribution is 2.18. The van der Waals surface area contributed by atoms with E-state index in [-0.39, 0.29) is 0 Å². The van der Waals surface area contributed by atoms with E-state index in [9.17, 15) is 0 Å². The maximum atomic E-state index is 8.62. The zero-order valence-corrected chi connectivity index (χ0v) is 9.60. The fraction of sp³-hybridized carbons (Fsp3) is 0.364. The number of rotatable bonds is 5. The summed E-state index contributed by atoms with van der Waals surface area (Å²) in [7, 11) is 0. The van der Waals surface area contributed by atoms with Crippen LogP contribution in [0.2, 0.25) is 0 Å². The van der Waals surface area contributed by atoms with Crippen LogP contribution in [-0.2, 0) is 6.42 Å². The Morgan fingerprint density at radius 1 is 1.53 bits per heavy atom. The quantitative estimate of drug-likeness (QED) is 0.590. The van der Waals surface area contributed by atoms with Crippen LogP contribution in [0.5, 0.6) is 0 Å². The van der Waals surface area contributed by atoms with Gasteiger partial charge in [0.2, 0.25) is 0 Å². The molecule has 80 valence electrons. The summed E-state index contributed by atoms with van der Waals surface area (Å²) in [4.78, 5) is 0. The van der Waals surface area contributed by atoms with Crippen molar-refractivity contribution in [1.82, 2.24) is 0 Å². The number of thioether (sulfide) groups is 1. The first-order chi connectivity index (χ1) is 7.27. The summed E-state index contributed by atoms with van der Waals surface area (Å²) >= 11 is 1.80. The standard InChI is InChI=1S/C11H15N3S/c1-15-7-6-14-10-2-3-11(13)9(8-10)4-5-12/h2-3,8,14H,4,6-7,13H2,1H3. The summed E-state index contributed by atoms with van der Waals surface area (Å²) in [5.74, 6) is 1.07. The van der Waals surface area contributed by atoms with Gasteiger partial charge in [-0.05, 0) is 30.0 Å². The number of nitrogens with zero attached hydrogens (tertiary/aromatic N) is 1. The summed E-state index contributed by atoms with van der Waals surface area (Å²) < 4.78 is 0. The van der Waals surface area contributed by atoms with E-state index < -0.39 is 0 Å². The third-order valence-corrected chi connectivity index (χ3v) is 2.66. The van der Waals surface area contributed by atoms with Crippen molar-refractivity contribution in [2.75, 3.05) is 29.6 Å². The Balaban J connectivity index is 2.66. The number of benzene rings is 1. The second-order valence-corrected chi connectivity index (χ2v) is 4.15. The molecule has 0 aliphatic carbocycles. The first-order valence-corrected chi connectivity index (χ1v) is 6.15. The number of anilines is 2. The van der Waals surface area contributed by atoms with Gasteiger partial charge in [-0.25, -0.2) is 0 Å². The lowest BCUT2D eigenvalue weighted by atomic mass is 10.1. The van der Waals surface area contributed by atoms with Gasteiger partial charge in [0, 0.05) is 23.7 Å². The molecule has 0 fully saturated rings. The van der Waals surface area contributed by atoms with E-state index in [1.165, 1.54) is 0 Å². The van der Waals surface area contributed by atoms with Gasteiger partial charge < -0.3 is 11.1 Å². The fourth-order valence-electron chi connectivity index (χ4n) is 1.25. The zero-order chi connectivity index (χ0) is 11.1. The van der Waals surface area contributed by atoms with Crippen LogP contribution in [0.4, 0.5) is 11.4 Å². The van der Waals surface area contributed by atoms with Crippen LogP contribution >= 0.6 is 11.8 Å². The van der Waals surface area contributed by atoms with E-state index in [2.05, 4.69) is 17.6 Å². The third kappa shape index (κ3) is 3.72. The Kier molecular flexibility index (Phi) is 4.85. The predicted molar refractivity (Wildman–Crippen MR) is 67.0 cm³/mol. The third-order valence-electron chi connectivity index (χ3n) is 2.05. The number of nitriles is 1. The highest BCUT2D eigenvalue weighted by Gasteiger charge is 2.00. The molecular formula is C11H15N3S. The van der Waals surface area contributed by atoms with Gasteiger partial charge in [-0.1, -0.05) is 0 Å². The van der Waals surface area contributed by atoms with Crippen molar-refractivity contribution in [2.24, 2.45) is 0 Å². The van der Waals surface area contributed by atoms with Crippen molar-refractivity contribution >= 4 is 23.1 Å². The minimum atomic E-state index is 0.365. The lowest BCUT2D eigenvalue weighted by Gasteiger charge is -2.08. The first kappa shape index (κ1) is 11.7. The largest absolute Gasteiger partial charge is 0.398 e. The minimum Gasteiger partial charge on any atom is -0.398 e. The van der Waals surface area contributed by atoms with E-state index in [1.54, 1.807) is 11.8 Å². The summed E-state index contributed by atoms with van der Waals surface area (Å²) in [6, 6.07) is 7.83. The maximum absolute atomic E-state index is 8.62. The summed E-state index contributed by atoms with van der Waals surface area (Å²) in [5.41, 5.74) is 8.36. The second-order valence-electron chi connectivity index (χ2n) is 3.17. The van der Waals surface area contributed by atoms with Gasteiger partial charge in [-0.2, -0.15) is 17.0 Å². The fourth-order valence-corrected chi connectivity index (χ4v) is 1.56. The number of nitrogens with two attached hydrogens (primary N) is 1. The molecule has 0 atom stereocenters. The minimum absolute atomic E-state index is 0.365. The Morgan fingerprint density at radius 2 is 2.33 bits per heavy atom. The van der Waals surface area contributed by atoms with Crippen molar-refractivity contribution < 1.29 is 0 Å². The van der Waals surface area contributed by atoms with Crippen LogP contribution in [0.3, 0.4) is 0 Å². The van der Waals surface area contributed by atoms with Crippen LogP contribution in [0.15, 0.2) is 18.2 Å². The average Bonchev–Trinajstić information content (AvgIpc) is 2.23. The highest BCUT2D eigenvalue weighted by atomic mass is 32.2. The molecule has 1 aromatic carbocycles. The average molecular weight is 221 g/mol. The smallest absolute Gasteiger partial charge is 0.0670 e. The lowest BCUT2D eigenvalue weighted by molar-refractivity contribution is 1.21. The van der Waals surface area contributed by atoms with E-state index in [0.29, 0.717) is 12.1 Å².